The van der Waals surface area contributed by atoms with Crippen molar-refractivity contribution in [3.05, 3.63) is 251 Å². The molecule has 8 heteroatoms. The van der Waals surface area contributed by atoms with Gasteiger partial charge in [-0.15, -0.1) is 0 Å². The molecular weight excluding hydrogens is 1100 g/mol. The summed E-state index contributed by atoms with van der Waals surface area (Å²) in [5.41, 5.74) is 19.7. The average Bonchev–Trinajstić information content (AvgIpc) is 1.58. The Balaban J connectivity index is 1.13. The Morgan fingerprint density at radius 1 is 0.333 bits per heavy atom. The molecule has 0 saturated heterocycles. The largest absolute Gasteiger partial charge is 0.309 e. The quantitative estimate of drug-likeness (QED) is 0.141. The Hall–Kier alpha value is -10.7. The molecule has 438 valence electrons. The van der Waals surface area contributed by atoms with Crippen LogP contribution in [0.1, 0.15) is 116 Å². The van der Waals surface area contributed by atoms with E-state index in [1.54, 1.807) is 0 Å². The number of hydrogen-bond donors (Lipinski definition) is 0. The summed E-state index contributed by atoms with van der Waals surface area (Å²) >= 11 is 0. The normalized spacial score (nSPS) is 12.2. The van der Waals surface area contributed by atoms with Gasteiger partial charge in [0.05, 0.1) is 51.9 Å². The van der Waals surface area contributed by atoms with Crippen LogP contribution in [0.5, 0.6) is 0 Å². The molecule has 0 spiro atoms. The van der Waals surface area contributed by atoms with Gasteiger partial charge in [0, 0.05) is 49.6 Å². The van der Waals surface area contributed by atoms with Crippen molar-refractivity contribution in [2.75, 3.05) is 0 Å². The van der Waals surface area contributed by atoms with Gasteiger partial charge in [-0.3, -0.25) is 0 Å². The van der Waals surface area contributed by atoms with Gasteiger partial charge in [-0.25, -0.2) is 19.8 Å². The van der Waals surface area contributed by atoms with Crippen LogP contribution in [0.3, 0.4) is 0 Å². The molecule has 0 unspecified atom stereocenters. The van der Waals surface area contributed by atoms with Crippen LogP contribution in [-0.2, 0) is 21.7 Å². The zero-order chi connectivity index (χ0) is 63.2. The summed E-state index contributed by atoms with van der Waals surface area (Å²) in [4.78, 5) is 20.6. The van der Waals surface area contributed by atoms with Gasteiger partial charge in [0.25, 0.3) is 0 Å². The van der Waals surface area contributed by atoms with Crippen LogP contribution in [0.25, 0.3) is 127 Å². The molecule has 90 heavy (non-hydrogen) atoms. The van der Waals surface area contributed by atoms with Crippen molar-refractivity contribution in [1.29, 1.82) is 10.5 Å². The lowest BCUT2D eigenvalue weighted by Gasteiger charge is -2.19. The Morgan fingerprint density at radius 2 is 0.689 bits per heavy atom. The molecule has 0 atom stereocenters. The lowest BCUT2D eigenvalue weighted by atomic mass is 9.85. The number of hydrogen-bond acceptors (Lipinski definition) is 5. The fourth-order valence-corrected chi connectivity index (χ4v) is 12.5. The third-order valence-electron chi connectivity index (χ3n) is 17.6. The van der Waals surface area contributed by atoms with Crippen LogP contribution in [-0.4, -0.2) is 24.1 Å². The molecule has 0 bridgehead atoms. The van der Waals surface area contributed by atoms with Crippen molar-refractivity contribution in [3.8, 4) is 91.1 Å². The maximum atomic E-state index is 10.3. The van der Waals surface area contributed by atoms with Crippen molar-refractivity contribution in [1.82, 2.24) is 24.1 Å². The fraction of sp³-hybridized carbons (Fsp3) is 0.195. The number of nitriles is 2. The summed E-state index contributed by atoms with van der Waals surface area (Å²) in [7, 11) is 0. The van der Waals surface area contributed by atoms with E-state index in [-0.39, 0.29) is 21.7 Å². The molecule has 13 aromatic rings. The molecule has 0 saturated carbocycles. The van der Waals surface area contributed by atoms with Gasteiger partial charge in [-0.05, 0) is 193 Å². The van der Waals surface area contributed by atoms with Crippen molar-refractivity contribution < 1.29 is 0 Å². The molecule has 0 radical (unpaired) electrons. The second-order valence-corrected chi connectivity index (χ2v) is 28.0. The van der Waals surface area contributed by atoms with Crippen molar-refractivity contribution >= 4 is 49.3 Å². The molecule has 0 fully saturated rings. The first-order chi connectivity index (χ1) is 42.9. The van der Waals surface area contributed by atoms with Crippen LogP contribution < -0.4 is 0 Å². The monoisotopic (exact) mass is 1170 g/mol. The molecule has 0 N–H and O–H groups in total. The summed E-state index contributed by atoms with van der Waals surface area (Å²) in [5, 5.41) is 25.1. The van der Waals surface area contributed by atoms with Gasteiger partial charge in [0.2, 0.25) is 0 Å². The number of nitrogens with zero attached hydrogens (tertiary/aromatic N) is 8. The first kappa shape index (κ1) is 58.3. The molecule has 10 aromatic carbocycles. The third kappa shape index (κ3) is 10.8. The van der Waals surface area contributed by atoms with Crippen molar-refractivity contribution in [2.45, 2.75) is 105 Å². The minimum absolute atomic E-state index is 0.0901. The average molecular weight is 1170 g/mol. The standard InChI is InChI=1S/C82H70N8/c1-79(2,3)59-27-31-72-68(44-59)69-45-60(80(4,5)6)28-32-73(69)89(72)64-40-55(52-21-16-19-50(35-52)48-83)37-57(42-64)76-86-77(88-78(87-76)67-26-15-14-25-66(67)54-23-17-20-51(36-54)49-84)58-38-56(53-22-18-24-63(39-53)85-13)41-65(43-58)90-74-33-29-61(81(7,8)9)46-70(74)71-47-62(82(10,11)12)30-34-75(71)90/h14-47H,1-12H3. The molecule has 0 aliphatic rings. The highest BCUT2D eigenvalue weighted by Crippen LogP contribution is 2.44. The summed E-state index contributed by atoms with van der Waals surface area (Å²) in [6, 6.07) is 76.6. The topological polar surface area (TPSA) is 100 Å². The molecular formula is C82H70N8. The van der Waals surface area contributed by atoms with Gasteiger partial charge >= 0.3 is 0 Å². The van der Waals surface area contributed by atoms with E-state index >= 15 is 0 Å². The van der Waals surface area contributed by atoms with Gasteiger partial charge < -0.3 is 9.13 Å². The fourth-order valence-electron chi connectivity index (χ4n) is 12.5. The second kappa shape index (κ2) is 21.8. The van der Waals surface area contributed by atoms with Crippen LogP contribution >= 0.6 is 0 Å². The van der Waals surface area contributed by atoms with E-state index in [2.05, 4.69) is 237 Å². The Bertz CT molecular complexity index is 4800. The van der Waals surface area contributed by atoms with E-state index < -0.39 is 0 Å². The minimum Gasteiger partial charge on any atom is -0.309 e. The summed E-state index contributed by atoms with van der Waals surface area (Å²) in [5.74, 6) is 1.31. The van der Waals surface area contributed by atoms with Gasteiger partial charge in [0.1, 0.15) is 0 Å². The van der Waals surface area contributed by atoms with Crippen LogP contribution in [0.15, 0.2) is 206 Å². The third-order valence-corrected chi connectivity index (χ3v) is 17.6. The Morgan fingerprint density at radius 3 is 1.09 bits per heavy atom. The first-order valence-corrected chi connectivity index (χ1v) is 30.8. The predicted molar refractivity (Wildman–Crippen MR) is 372 cm³/mol. The second-order valence-electron chi connectivity index (χ2n) is 28.0. The Kier molecular flexibility index (Phi) is 14.2. The molecule has 13 rings (SSSR count). The Labute approximate surface area is 527 Å². The zero-order valence-electron chi connectivity index (χ0n) is 53.2. The van der Waals surface area contributed by atoms with Gasteiger partial charge in [-0.2, -0.15) is 10.5 Å². The van der Waals surface area contributed by atoms with Crippen LogP contribution in [0.4, 0.5) is 5.69 Å². The summed E-state index contributed by atoms with van der Waals surface area (Å²) in [6.07, 6.45) is 0. The maximum Gasteiger partial charge on any atom is 0.187 e. The maximum absolute atomic E-state index is 10.3. The highest BCUT2D eigenvalue weighted by Gasteiger charge is 2.26. The van der Waals surface area contributed by atoms with Crippen molar-refractivity contribution in [2.24, 2.45) is 0 Å². The van der Waals surface area contributed by atoms with Gasteiger partial charge in [0.15, 0.2) is 23.2 Å². The van der Waals surface area contributed by atoms with E-state index in [0.717, 1.165) is 105 Å². The predicted octanol–water partition coefficient (Wildman–Crippen LogP) is 21.6. The molecule has 3 aromatic heterocycles. The number of aromatic nitrogens is 5. The highest BCUT2D eigenvalue weighted by molar-refractivity contribution is 6.11. The number of rotatable bonds is 8. The van der Waals surface area contributed by atoms with Crippen LogP contribution in [0, 0.1) is 29.2 Å². The summed E-state index contributed by atoms with van der Waals surface area (Å²) < 4.78 is 4.72. The van der Waals surface area contributed by atoms with E-state index in [0.29, 0.717) is 34.3 Å². The van der Waals surface area contributed by atoms with Gasteiger partial charge in [-0.1, -0.05) is 174 Å². The van der Waals surface area contributed by atoms with Crippen molar-refractivity contribution in [3.63, 3.8) is 0 Å². The number of fused-ring (bicyclic) bond motifs is 6. The first-order valence-electron chi connectivity index (χ1n) is 30.8. The molecule has 0 amide bonds. The SMILES string of the molecule is [C-]#[N+]c1cccc(-c2cc(-c3nc(-c4cc(-c5cccc(C#N)c5)cc(-n5c6ccc(C(C)(C)C)cc6c6cc(C(C)(C)C)ccc65)c4)nc(-c4ccccc4-c4cccc(C#N)c4)n3)cc(-n3c4ccc(C(C)(C)C)cc4c4cc(C(C)(C)C)ccc43)c2)c1. The molecule has 3 heterocycles. The van der Waals surface area contributed by atoms with E-state index in [9.17, 15) is 10.5 Å². The molecule has 0 aliphatic carbocycles. The van der Waals surface area contributed by atoms with E-state index in [1.165, 1.54) is 22.3 Å². The highest BCUT2D eigenvalue weighted by atomic mass is 15.0. The molecule has 0 aliphatic heterocycles. The lowest BCUT2D eigenvalue weighted by molar-refractivity contribution is 0.590. The molecule has 8 nitrogen and oxygen atoms in total. The summed E-state index contributed by atoms with van der Waals surface area (Å²) in [6.45, 7) is 35.2. The number of benzene rings is 10. The smallest absolute Gasteiger partial charge is 0.187 e. The lowest BCUT2D eigenvalue weighted by Crippen LogP contribution is -2.10. The van der Waals surface area contributed by atoms with Crippen LogP contribution in [0.2, 0.25) is 0 Å². The van der Waals surface area contributed by atoms with E-state index in [4.69, 9.17) is 21.5 Å². The van der Waals surface area contributed by atoms with E-state index in [1.807, 2.05) is 78.9 Å². The minimum atomic E-state index is -0.0911. The zero-order valence-corrected chi connectivity index (χ0v) is 53.2.